The summed E-state index contributed by atoms with van der Waals surface area (Å²) in [6, 6.07) is 0. The van der Waals surface area contributed by atoms with Gasteiger partial charge in [-0.05, 0) is 26.7 Å². The van der Waals surface area contributed by atoms with Crippen LogP contribution >= 0.6 is 0 Å². The van der Waals surface area contributed by atoms with Gasteiger partial charge in [0.2, 0.25) is 0 Å². The summed E-state index contributed by atoms with van der Waals surface area (Å²) in [5.41, 5.74) is 0. The highest BCUT2D eigenvalue weighted by molar-refractivity contribution is 7.86. The van der Waals surface area contributed by atoms with Crippen LogP contribution in [0.4, 0.5) is 0 Å². The van der Waals surface area contributed by atoms with Gasteiger partial charge in [0.1, 0.15) is 0 Å². The zero-order valence-electron chi connectivity index (χ0n) is 7.10. The first-order chi connectivity index (χ1) is 5.38. The number of hydrogen-bond acceptors (Lipinski definition) is 4. The molecular weight excluding hydrogens is 184 g/mol. The lowest BCUT2D eigenvalue weighted by molar-refractivity contribution is -0.275. The van der Waals surface area contributed by atoms with Crippen LogP contribution in [0.5, 0.6) is 0 Å². The summed E-state index contributed by atoms with van der Waals surface area (Å²) in [7, 11) is -3.94. The molecule has 0 rings (SSSR count). The lowest BCUT2D eigenvalue weighted by atomic mass is 10.2. The number of rotatable bonds is 5. The Hall–Kier alpha value is -0.170. The lowest BCUT2D eigenvalue weighted by Crippen LogP contribution is -2.18. The first kappa shape index (κ1) is 11.8. The Bertz CT molecular complexity index is 210. The van der Waals surface area contributed by atoms with E-state index in [4.69, 9.17) is 9.81 Å². The molecule has 0 radical (unpaired) electrons. The molecule has 0 saturated carbocycles. The van der Waals surface area contributed by atoms with Crippen LogP contribution < -0.4 is 0 Å². The molecule has 2 unspecified atom stereocenters. The van der Waals surface area contributed by atoms with Gasteiger partial charge >= 0.3 is 0 Å². The minimum absolute atomic E-state index is 0.264. The van der Waals surface area contributed by atoms with E-state index in [1.54, 1.807) is 6.92 Å². The minimum atomic E-state index is -3.94. The minimum Gasteiger partial charge on any atom is -0.285 e. The second kappa shape index (κ2) is 4.76. The molecular formula is C6H14O5S. The third-order valence-electron chi connectivity index (χ3n) is 1.67. The molecule has 0 bridgehead atoms. The molecule has 0 aliphatic heterocycles. The first-order valence-corrected chi connectivity index (χ1v) is 5.14. The second-order valence-corrected chi connectivity index (χ2v) is 4.65. The van der Waals surface area contributed by atoms with E-state index in [1.165, 1.54) is 6.92 Å². The van der Waals surface area contributed by atoms with E-state index in [0.717, 1.165) is 0 Å². The lowest BCUT2D eigenvalue weighted by Gasteiger charge is -2.10. The SMILES string of the molecule is CC(CCC(C)S(=O)(=O)O)OO. The van der Waals surface area contributed by atoms with Crippen molar-refractivity contribution in [2.24, 2.45) is 0 Å². The highest BCUT2D eigenvalue weighted by Crippen LogP contribution is 2.09. The van der Waals surface area contributed by atoms with Gasteiger partial charge in [0, 0.05) is 0 Å². The summed E-state index contributed by atoms with van der Waals surface area (Å²) >= 11 is 0. The molecule has 6 heteroatoms. The third kappa shape index (κ3) is 4.66. The summed E-state index contributed by atoms with van der Waals surface area (Å²) in [5.74, 6) is 0. The highest BCUT2D eigenvalue weighted by Gasteiger charge is 2.17. The Kier molecular flexibility index (Phi) is 4.69. The summed E-state index contributed by atoms with van der Waals surface area (Å²) in [6.45, 7) is 3.01. The third-order valence-corrected chi connectivity index (χ3v) is 2.92. The maximum Gasteiger partial charge on any atom is 0.267 e. The van der Waals surface area contributed by atoms with Gasteiger partial charge in [-0.15, -0.1) is 0 Å². The van der Waals surface area contributed by atoms with E-state index in [1.807, 2.05) is 0 Å². The fourth-order valence-corrected chi connectivity index (χ4v) is 1.10. The molecule has 0 aromatic carbocycles. The van der Waals surface area contributed by atoms with Crippen molar-refractivity contribution in [2.45, 2.75) is 38.0 Å². The normalized spacial score (nSPS) is 17.3. The average molecular weight is 198 g/mol. The van der Waals surface area contributed by atoms with Gasteiger partial charge in [-0.3, -0.25) is 9.81 Å². The Morgan fingerprint density at radius 2 is 1.83 bits per heavy atom. The summed E-state index contributed by atoms with van der Waals surface area (Å²) in [5, 5.41) is 7.33. The molecule has 0 aromatic heterocycles. The molecule has 0 aliphatic rings. The molecule has 0 fully saturated rings. The molecule has 5 nitrogen and oxygen atoms in total. The van der Waals surface area contributed by atoms with E-state index in [0.29, 0.717) is 6.42 Å². The standard InChI is InChI=1S/C6H14O5S/c1-5(11-7)3-4-6(2)12(8,9)10/h5-7H,3-4H2,1-2H3,(H,8,9,10). The maximum atomic E-state index is 10.5. The first-order valence-electron chi connectivity index (χ1n) is 3.64. The average Bonchev–Trinajstić information content (AvgIpc) is 1.97. The maximum absolute atomic E-state index is 10.5. The Balaban J connectivity index is 3.80. The fraction of sp³-hybridized carbons (Fsp3) is 1.00. The Labute approximate surface area is 72.0 Å². The van der Waals surface area contributed by atoms with E-state index >= 15 is 0 Å². The topological polar surface area (TPSA) is 83.8 Å². The van der Waals surface area contributed by atoms with Crippen LogP contribution in [0.3, 0.4) is 0 Å². The molecule has 0 aliphatic carbocycles. The molecule has 0 spiro atoms. The van der Waals surface area contributed by atoms with Crippen molar-refractivity contribution < 1.29 is 23.1 Å². The quantitative estimate of drug-likeness (QED) is 0.390. The van der Waals surface area contributed by atoms with Crippen molar-refractivity contribution in [3.63, 3.8) is 0 Å². The van der Waals surface area contributed by atoms with Crippen LogP contribution in [0.2, 0.25) is 0 Å². The van der Waals surface area contributed by atoms with Gasteiger partial charge < -0.3 is 0 Å². The number of hydrogen-bond donors (Lipinski definition) is 2. The molecule has 74 valence electrons. The predicted octanol–water partition coefficient (Wildman–Crippen LogP) is 0.921. The predicted molar refractivity (Wildman–Crippen MR) is 43.4 cm³/mol. The van der Waals surface area contributed by atoms with Crippen LogP contribution in [-0.4, -0.2) is 29.6 Å². The van der Waals surface area contributed by atoms with Crippen molar-refractivity contribution >= 4 is 10.1 Å². The van der Waals surface area contributed by atoms with E-state index < -0.39 is 21.5 Å². The molecule has 0 saturated heterocycles. The largest absolute Gasteiger partial charge is 0.285 e. The Morgan fingerprint density at radius 3 is 2.17 bits per heavy atom. The van der Waals surface area contributed by atoms with Crippen LogP contribution in [0.15, 0.2) is 0 Å². The molecule has 0 heterocycles. The van der Waals surface area contributed by atoms with E-state index in [2.05, 4.69) is 4.89 Å². The highest BCUT2D eigenvalue weighted by atomic mass is 32.2. The molecule has 12 heavy (non-hydrogen) atoms. The van der Waals surface area contributed by atoms with Gasteiger partial charge in [0.05, 0.1) is 11.4 Å². The van der Waals surface area contributed by atoms with Crippen molar-refractivity contribution in [1.82, 2.24) is 0 Å². The van der Waals surface area contributed by atoms with Crippen LogP contribution in [0.1, 0.15) is 26.7 Å². The summed E-state index contributed by atoms with van der Waals surface area (Å²) < 4.78 is 29.5. The van der Waals surface area contributed by atoms with Crippen LogP contribution in [0, 0.1) is 0 Å². The van der Waals surface area contributed by atoms with E-state index in [-0.39, 0.29) is 6.42 Å². The molecule has 0 amide bonds. The Morgan fingerprint density at radius 1 is 1.33 bits per heavy atom. The van der Waals surface area contributed by atoms with Gasteiger partial charge in [-0.25, -0.2) is 4.89 Å². The fourth-order valence-electron chi connectivity index (χ4n) is 0.671. The van der Waals surface area contributed by atoms with E-state index in [9.17, 15) is 8.42 Å². The summed E-state index contributed by atoms with van der Waals surface area (Å²) in [4.78, 5) is 3.94. The van der Waals surface area contributed by atoms with Crippen molar-refractivity contribution in [3.05, 3.63) is 0 Å². The van der Waals surface area contributed by atoms with Crippen molar-refractivity contribution in [2.75, 3.05) is 0 Å². The summed E-state index contributed by atoms with van der Waals surface area (Å²) in [6.07, 6.45) is 0.243. The van der Waals surface area contributed by atoms with Gasteiger partial charge in [-0.2, -0.15) is 8.42 Å². The second-order valence-electron chi connectivity index (χ2n) is 2.82. The smallest absolute Gasteiger partial charge is 0.267 e. The molecule has 2 atom stereocenters. The molecule has 2 N–H and O–H groups in total. The van der Waals surface area contributed by atoms with Crippen LogP contribution in [-0.2, 0) is 15.0 Å². The van der Waals surface area contributed by atoms with Gasteiger partial charge in [0.25, 0.3) is 10.1 Å². The van der Waals surface area contributed by atoms with Crippen molar-refractivity contribution in [3.8, 4) is 0 Å². The van der Waals surface area contributed by atoms with Crippen molar-refractivity contribution in [1.29, 1.82) is 0 Å². The van der Waals surface area contributed by atoms with Crippen LogP contribution in [0.25, 0.3) is 0 Å². The monoisotopic (exact) mass is 198 g/mol. The zero-order chi connectivity index (χ0) is 9.78. The zero-order valence-corrected chi connectivity index (χ0v) is 7.91. The molecule has 0 aromatic rings. The van der Waals surface area contributed by atoms with Gasteiger partial charge in [-0.1, -0.05) is 0 Å². The van der Waals surface area contributed by atoms with Gasteiger partial charge in [0.15, 0.2) is 0 Å².